The van der Waals surface area contributed by atoms with Gasteiger partial charge in [-0.25, -0.2) is 0 Å². The maximum absolute atomic E-state index is 9.75. The Hall–Kier alpha value is -1.02. The Morgan fingerprint density at radius 3 is 2.62 bits per heavy atom. The number of fused-ring (bicyclic) bond motifs is 1. The Morgan fingerprint density at radius 1 is 1.10 bits per heavy atom. The first kappa shape index (κ1) is 14.9. The molecule has 0 saturated heterocycles. The first-order valence-corrected chi connectivity index (χ1v) is 8.81. The van der Waals surface area contributed by atoms with Crippen LogP contribution in [0, 0.1) is 11.8 Å². The van der Waals surface area contributed by atoms with Crippen LogP contribution in [0.1, 0.15) is 69.0 Å². The Morgan fingerprint density at radius 2 is 1.86 bits per heavy atom. The summed E-state index contributed by atoms with van der Waals surface area (Å²) in [4.78, 5) is 0. The molecule has 0 heterocycles. The molecule has 1 fully saturated rings. The summed E-state index contributed by atoms with van der Waals surface area (Å²) in [7, 11) is 0. The number of rotatable bonds is 4. The van der Waals surface area contributed by atoms with E-state index in [1.807, 2.05) is 12.1 Å². The lowest BCUT2D eigenvalue weighted by atomic mass is 9.80. The number of hydrogen-bond donors (Lipinski definition) is 2. The molecular weight excluding hydrogens is 258 g/mol. The monoisotopic (exact) mass is 287 g/mol. The van der Waals surface area contributed by atoms with Crippen LogP contribution in [0.25, 0.3) is 0 Å². The van der Waals surface area contributed by atoms with Crippen LogP contribution in [0.5, 0.6) is 5.75 Å². The zero-order valence-electron chi connectivity index (χ0n) is 13.3. The molecule has 1 aromatic carbocycles. The lowest BCUT2D eigenvalue weighted by molar-refractivity contribution is 0.254. The van der Waals surface area contributed by atoms with Crippen molar-refractivity contribution < 1.29 is 5.11 Å². The molecule has 0 radical (unpaired) electrons. The van der Waals surface area contributed by atoms with Gasteiger partial charge in [0.25, 0.3) is 0 Å². The van der Waals surface area contributed by atoms with Gasteiger partial charge in [0.05, 0.1) is 0 Å². The fourth-order valence-corrected chi connectivity index (χ4v) is 4.15. The molecule has 2 nitrogen and oxygen atoms in total. The fraction of sp³-hybridized carbons (Fsp3) is 0.684. The topological polar surface area (TPSA) is 32.3 Å². The van der Waals surface area contributed by atoms with Crippen LogP contribution in [-0.2, 0) is 6.42 Å². The Kier molecular flexibility index (Phi) is 4.84. The van der Waals surface area contributed by atoms with Crippen molar-refractivity contribution in [2.45, 2.75) is 64.3 Å². The van der Waals surface area contributed by atoms with Gasteiger partial charge in [0.15, 0.2) is 0 Å². The third-order valence-electron chi connectivity index (χ3n) is 5.64. The van der Waals surface area contributed by atoms with Gasteiger partial charge in [-0.2, -0.15) is 0 Å². The molecule has 1 atom stereocenters. The van der Waals surface area contributed by atoms with Crippen LogP contribution in [0.15, 0.2) is 18.2 Å². The van der Waals surface area contributed by atoms with E-state index in [1.165, 1.54) is 56.1 Å². The molecule has 0 aromatic heterocycles. The van der Waals surface area contributed by atoms with Crippen LogP contribution in [0.4, 0.5) is 0 Å². The predicted octanol–water partition coefficient (Wildman–Crippen LogP) is 4.58. The van der Waals surface area contributed by atoms with E-state index in [0.29, 0.717) is 11.8 Å². The summed E-state index contributed by atoms with van der Waals surface area (Å²) in [5.41, 5.74) is 2.76. The molecule has 2 heteroatoms. The first-order chi connectivity index (χ1) is 10.3. The summed E-state index contributed by atoms with van der Waals surface area (Å²) in [5, 5.41) is 13.5. The number of phenolic OH excluding ortho intramolecular Hbond substituents is 1. The second-order valence-corrected chi connectivity index (χ2v) is 7.03. The molecule has 0 amide bonds. The van der Waals surface area contributed by atoms with E-state index < -0.39 is 0 Å². The summed E-state index contributed by atoms with van der Waals surface area (Å²) < 4.78 is 0. The average molecular weight is 287 g/mol. The third-order valence-corrected chi connectivity index (χ3v) is 5.64. The first-order valence-electron chi connectivity index (χ1n) is 8.81. The molecule has 2 N–H and O–H groups in total. The van der Waals surface area contributed by atoms with Crippen molar-refractivity contribution in [2.75, 3.05) is 6.54 Å². The highest BCUT2D eigenvalue weighted by Gasteiger charge is 2.23. The molecule has 3 rings (SSSR count). The molecule has 0 spiro atoms. The number of aromatic hydroxyl groups is 1. The maximum Gasteiger partial charge on any atom is 0.115 e. The predicted molar refractivity (Wildman–Crippen MR) is 87.5 cm³/mol. The Bertz CT molecular complexity index is 463. The summed E-state index contributed by atoms with van der Waals surface area (Å²) >= 11 is 0. The van der Waals surface area contributed by atoms with E-state index in [9.17, 15) is 5.11 Å². The molecule has 2 aliphatic rings. The number of aryl methyl sites for hydroxylation is 1. The largest absolute Gasteiger partial charge is 0.508 e. The minimum absolute atomic E-state index is 0.408. The van der Waals surface area contributed by atoms with E-state index in [2.05, 4.69) is 18.3 Å². The van der Waals surface area contributed by atoms with Gasteiger partial charge < -0.3 is 10.4 Å². The molecule has 1 aromatic rings. The van der Waals surface area contributed by atoms with Gasteiger partial charge in [0, 0.05) is 6.04 Å². The Labute approximate surface area is 129 Å². The standard InChI is InChI=1S/C19H29NO/c1-2-14-6-8-15(9-7-14)13-20-19-5-3-4-16-10-11-17(21)12-18(16)19/h10-12,14-15,19-21H,2-9,13H2,1H3. The van der Waals surface area contributed by atoms with Crippen molar-refractivity contribution in [3.8, 4) is 5.75 Å². The van der Waals surface area contributed by atoms with Crippen molar-refractivity contribution in [2.24, 2.45) is 11.8 Å². The smallest absolute Gasteiger partial charge is 0.115 e. The zero-order valence-corrected chi connectivity index (χ0v) is 13.3. The number of nitrogens with one attached hydrogen (secondary N) is 1. The van der Waals surface area contributed by atoms with Gasteiger partial charge in [0.2, 0.25) is 0 Å². The second-order valence-electron chi connectivity index (χ2n) is 7.03. The van der Waals surface area contributed by atoms with Crippen molar-refractivity contribution in [3.05, 3.63) is 29.3 Å². The minimum atomic E-state index is 0.408. The number of benzene rings is 1. The van der Waals surface area contributed by atoms with Crippen molar-refractivity contribution >= 4 is 0 Å². The van der Waals surface area contributed by atoms with Gasteiger partial charge in [0.1, 0.15) is 5.75 Å². The lowest BCUT2D eigenvalue weighted by Crippen LogP contribution is -2.31. The van der Waals surface area contributed by atoms with E-state index in [0.717, 1.165) is 24.8 Å². The molecule has 2 aliphatic carbocycles. The lowest BCUT2D eigenvalue weighted by Gasteiger charge is -2.31. The summed E-state index contributed by atoms with van der Waals surface area (Å²) in [6.07, 6.45) is 10.6. The van der Waals surface area contributed by atoms with Gasteiger partial charge in [-0.3, -0.25) is 0 Å². The van der Waals surface area contributed by atoms with Gasteiger partial charge in [-0.05, 0) is 73.7 Å². The molecule has 1 saturated carbocycles. The zero-order chi connectivity index (χ0) is 14.7. The second kappa shape index (κ2) is 6.83. The van der Waals surface area contributed by atoms with Crippen LogP contribution < -0.4 is 5.32 Å². The SMILES string of the molecule is CCC1CCC(CNC2CCCc3ccc(O)cc32)CC1. The van der Waals surface area contributed by atoms with Crippen LogP contribution in [0.3, 0.4) is 0 Å². The normalized spacial score (nSPS) is 29.1. The highest BCUT2D eigenvalue weighted by atomic mass is 16.3. The van der Waals surface area contributed by atoms with Crippen LogP contribution >= 0.6 is 0 Å². The highest BCUT2D eigenvalue weighted by Crippen LogP contribution is 2.34. The van der Waals surface area contributed by atoms with E-state index in [4.69, 9.17) is 0 Å². The number of hydrogen-bond acceptors (Lipinski definition) is 2. The van der Waals surface area contributed by atoms with E-state index in [1.54, 1.807) is 0 Å². The molecule has 116 valence electrons. The van der Waals surface area contributed by atoms with Gasteiger partial charge >= 0.3 is 0 Å². The molecule has 0 bridgehead atoms. The summed E-state index contributed by atoms with van der Waals surface area (Å²) in [6.45, 7) is 3.48. The van der Waals surface area contributed by atoms with Crippen molar-refractivity contribution in [3.63, 3.8) is 0 Å². The van der Waals surface area contributed by atoms with Crippen molar-refractivity contribution in [1.29, 1.82) is 0 Å². The minimum Gasteiger partial charge on any atom is -0.508 e. The quantitative estimate of drug-likeness (QED) is 0.850. The molecule has 21 heavy (non-hydrogen) atoms. The molecule has 1 unspecified atom stereocenters. The summed E-state index contributed by atoms with van der Waals surface area (Å²) in [6, 6.07) is 6.35. The highest BCUT2D eigenvalue weighted by molar-refractivity contribution is 5.38. The Balaban J connectivity index is 1.56. The maximum atomic E-state index is 9.75. The fourth-order valence-electron chi connectivity index (χ4n) is 4.15. The average Bonchev–Trinajstić information content (AvgIpc) is 2.53. The number of phenols is 1. The van der Waals surface area contributed by atoms with Crippen LogP contribution in [0.2, 0.25) is 0 Å². The van der Waals surface area contributed by atoms with Crippen molar-refractivity contribution in [1.82, 2.24) is 5.32 Å². The third kappa shape index (κ3) is 3.60. The van der Waals surface area contributed by atoms with E-state index in [-0.39, 0.29) is 0 Å². The summed E-state index contributed by atoms with van der Waals surface area (Å²) in [5.74, 6) is 2.25. The van der Waals surface area contributed by atoms with E-state index >= 15 is 0 Å². The molecule has 0 aliphatic heterocycles. The van der Waals surface area contributed by atoms with Gasteiger partial charge in [-0.1, -0.05) is 32.3 Å². The van der Waals surface area contributed by atoms with Crippen LogP contribution in [-0.4, -0.2) is 11.7 Å². The van der Waals surface area contributed by atoms with Gasteiger partial charge in [-0.15, -0.1) is 0 Å². The molecular formula is C19H29NO.